The molecule has 13 heteroatoms. The Hall–Kier alpha value is -3.06. The van der Waals surface area contributed by atoms with Gasteiger partial charge < -0.3 is 4.74 Å². The highest BCUT2D eigenvalue weighted by Gasteiger charge is 2.62. The average Bonchev–Trinajstić information content (AvgIpc) is 3.12. The first kappa shape index (κ1) is 24.6. The van der Waals surface area contributed by atoms with Gasteiger partial charge in [-0.1, -0.05) is 24.3 Å². The maximum atomic E-state index is 14.7. The summed E-state index contributed by atoms with van der Waals surface area (Å²) in [5.41, 5.74) is -3.62. The van der Waals surface area contributed by atoms with Crippen molar-refractivity contribution in [2.24, 2.45) is 5.14 Å². The highest BCUT2D eigenvalue weighted by molar-refractivity contribution is 7.89. The van der Waals surface area contributed by atoms with E-state index in [1.54, 1.807) is 0 Å². The molecule has 0 radical (unpaired) electrons. The van der Waals surface area contributed by atoms with Crippen LogP contribution < -0.4 is 9.88 Å². The van der Waals surface area contributed by atoms with Crippen molar-refractivity contribution in [3.8, 4) is 28.1 Å². The lowest BCUT2D eigenvalue weighted by Gasteiger charge is -2.22. The number of alkyl halides is 5. The third kappa shape index (κ3) is 4.29. The first-order valence-corrected chi connectivity index (χ1v) is 10.8. The van der Waals surface area contributed by atoms with E-state index in [0.29, 0.717) is 10.7 Å². The lowest BCUT2D eigenvalue weighted by molar-refractivity contribution is -0.291. The van der Waals surface area contributed by atoms with E-state index in [4.69, 9.17) is 9.88 Å². The van der Waals surface area contributed by atoms with Crippen LogP contribution in [0.15, 0.2) is 47.4 Å². The smallest absolute Gasteiger partial charge is 0.459 e. The van der Waals surface area contributed by atoms with Crippen LogP contribution in [0.1, 0.15) is 12.6 Å². The van der Waals surface area contributed by atoms with Crippen LogP contribution in [0.2, 0.25) is 0 Å². The molecule has 0 saturated carbocycles. The van der Waals surface area contributed by atoms with Gasteiger partial charge in [-0.25, -0.2) is 17.9 Å². The molecule has 0 aliphatic rings. The second-order valence-corrected chi connectivity index (χ2v) is 8.38. The summed E-state index contributed by atoms with van der Waals surface area (Å²) in [4.78, 5) is -0.553. The topological polar surface area (TPSA) is 87.2 Å². The lowest BCUT2D eigenvalue weighted by atomic mass is 9.96. The first-order chi connectivity index (χ1) is 15.2. The Labute approximate surface area is 184 Å². The molecule has 1 aromatic heterocycles. The minimum atomic E-state index is -6.02. The second-order valence-electron chi connectivity index (χ2n) is 6.85. The monoisotopic (exact) mass is 493 g/mol. The molecule has 1 heterocycles. The molecule has 0 fully saturated rings. The summed E-state index contributed by atoms with van der Waals surface area (Å²) < 4.78 is 113. The number of nitrogens with two attached hydrogens (primary N) is 1. The Balaban J connectivity index is 2.51. The number of benzene rings is 2. The van der Waals surface area contributed by atoms with Gasteiger partial charge in [0.15, 0.2) is 11.6 Å². The van der Waals surface area contributed by atoms with Gasteiger partial charge in [-0.3, -0.25) is 4.68 Å². The molecule has 0 amide bonds. The van der Waals surface area contributed by atoms with E-state index in [-0.39, 0.29) is 11.3 Å². The third-order valence-corrected chi connectivity index (χ3v) is 5.76. The number of hydrogen-bond acceptors (Lipinski definition) is 4. The number of rotatable bonds is 6. The number of methoxy groups -OCH3 is 1. The van der Waals surface area contributed by atoms with Crippen molar-refractivity contribution >= 4 is 10.0 Å². The van der Waals surface area contributed by atoms with Crippen molar-refractivity contribution in [2.45, 2.75) is 30.5 Å². The van der Waals surface area contributed by atoms with Crippen molar-refractivity contribution in [3.63, 3.8) is 0 Å². The SMILES string of the molecule is CCn1nc(-c2ccccc2S(N)(=O)=O)c(-c2ccc(OC)c(F)c2)c1C(F)(F)C(F)(F)F. The Morgan fingerprint density at radius 2 is 1.73 bits per heavy atom. The average molecular weight is 493 g/mol. The number of sulfonamides is 1. The van der Waals surface area contributed by atoms with Gasteiger partial charge in [-0.05, 0) is 30.7 Å². The molecular weight excluding hydrogens is 476 g/mol. The molecule has 2 N–H and O–H groups in total. The number of aromatic nitrogens is 2. The minimum Gasteiger partial charge on any atom is -0.494 e. The van der Waals surface area contributed by atoms with Gasteiger partial charge in [0.1, 0.15) is 11.4 Å². The molecule has 3 rings (SSSR count). The highest BCUT2D eigenvalue weighted by Crippen LogP contribution is 2.50. The molecule has 0 atom stereocenters. The molecule has 0 bridgehead atoms. The number of halogens is 6. The van der Waals surface area contributed by atoms with Gasteiger partial charge in [0, 0.05) is 17.7 Å². The summed E-state index contributed by atoms with van der Waals surface area (Å²) in [6, 6.07) is 7.63. The van der Waals surface area contributed by atoms with Gasteiger partial charge in [0.05, 0.1) is 12.0 Å². The molecule has 33 heavy (non-hydrogen) atoms. The fourth-order valence-corrected chi connectivity index (χ4v) is 4.08. The Bertz CT molecular complexity index is 1300. The van der Waals surface area contributed by atoms with Crippen molar-refractivity contribution < 1.29 is 39.5 Å². The Kier molecular flexibility index (Phi) is 6.24. The summed E-state index contributed by atoms with van der Waals surface area (Å²) in [5, 5.41) is 9.08. The maximum Gasteiger partial charge on any atom is 0.459 e. The largest absolute Gasteiger partial charge is 0.494 e. The van der Waals surface area contributed by atoms with E-state index < -0.39 is 61.9 Å². The number of nitrogens with zero attached hydrogens (tertiary/aromatic N) is 2. The molecule has 0 aliphatic heterocycles. The second kappa shape index (κ2) is 8.37. The lowest BCUT2D eigenvalue weighted by Crippen LogP contribution is -2.36. The summed E-state index contributed by atoms with van der Waals surface area (Å²) in [6.07, 6.45) is -6.02. The van der Waals surface area contributed by atoms with Gasteiger partial charge in [-0.15, -0.1) is 0 Å². The molecule has 3 aromatic rings. The number of ether oxygens (including phenoxy) is 1. The van der Waals surface area contributed by atoms with Gasteiger partial charge in [0.25, 0.3) is 0 Å². The number of aryl methyl sites for hydroxylation is 1. The van der Waals surface area contributed by atoms with Crippen LogP contribution in [0.25, 0.3) is 22.4 Å². The molecule has 0 saturated heterocycles. The Morgan fingerprint density at radius 1 is 1.09 bits per heavy atom. The van der Waals surface area contributed by atoms with Crippen molar-refractivity contribution in [2.75, 3.05) is 7.11 Å². The third-order valence-electron chi connectivity index (χ3n) is 4.79. The number of primary sulfonamides is 1. The van der Waals surface area contributed by atoms with Crippen LogP contribution in [0.3, 0.4) is 0 Å². The summed E-state index contributed by atoms with van der Waals surface area (Å²) in [5.74, 6) is -6.72. The van der Waals surface area contributed by atoms with Gasteiger partial charge >= 0.3 is 12.1 Å². The van der Waals surface area contributed by atoms with Crippen molar-refractivity contribution in [1.29, 1.82) is 0 Å². The van der Waals surface area contributed by atoms with Gasteiger partial charge in [-0.2, -0.15) is 27.1 Å². The summed E-state index contributed by atoms with van der Waals surface area (Å²) in [6.45, 7) is 0.848. The van der Waals surface area contributed by atoms with Crippen LogP contribution >= 0.6 is 0 Å². The quantitative estimate of drug-likeness (QED) is 0.505. The van der Waals surface area contributed by atoms with Crippen LogP contribution in [-0.4, -0.2) is 31.5 Å². The standard InChI is InChI=1S/C20H17F6N3O3S/c1-3-29-18(19(22,23)20(24,25)26)16(11-8-9-14(32-2)13(21)10-11)17(28-29)12-6-4-5-7-15(12)33(27,30)31/h4-10H,3H2,1-2H3,(H2,27,30,31). The molecule has 2 aromatic carbocycles. The zero-order chi connectivity index (χ0) is 24.8. The fourth-order valence-electron chi connectivity index (χ4n) is 3.34. The van der Waals surface area contributed by atoms with E-state index in [0.717, 1.165) is 31.4 Å². The zero-order valence-corrected chi connectivity index (χ0v) is 17.9. The molecule has 6 nitrogen and oxygen atoms in total. The summed E-state index contributed by atoms with van der Waals surface area (Å²) in [7, 11) is -3.28. The molecule has 178 valence electrons. The van der Waals surface area contributed by atoms with Crippen LogP contribution in [0, 0.1) is 5.82 Å². The molecule has 0 aliphatic carbocycles. The first-order valence-electron chi connectivity index (χ1n) is 9.26. The van der Waals surface area contributed by atoms with E-state index >= 15 is 0 Å². The molecule has 0 unspecified atom stereocenters. The van der Waals surface area contributed by atoms with Crippen LogP contribution in [-0.2, 0) is 22.5 Å². The predicted octanol–water partition coefficient (Wildman–Crippen LogP) is 4.69. The summed E-state index contributed by atoms with van der Waals surface area (Å²) >= 11 is 0. The van der Waals surface area contributed by atoms with E-state index in [2.05, 4.69) is 5.10 Å². The van der Waals surface area contributed by atoms with E-state index in [9.17, 15) is 34.8 Å². The molecular formula is C20H17F6N3O3S. The van der Waals surface area contributed by atoms with E-state index in [1.807, 2.05) is 0 Å². The maximum absolute atomic E-state index is 14.7. The van der Waals surface area contributed by atoms with Crippen molar-refractivity contribution in [3.05, 3.63) is 54.0 Å². The predicted molar refractivity (Wildman–Crippen MR) is 107 cm³/mol. The van der Waals surface area contributed by atoms with Gasteiger partial charge in [0.2, 0.25) is 10.0 Å². The normalized spacial score (nSPS) is 12.8. The fraction of sp³-hybridized carbons (Fsp3) is 0.250. The highest BCUT2D eigenvalue weighted by atomic mass is 32.2. The molecule has 0 spiro atoms. The van der Waals surface area contributed by atoms with E-state index in [1.165, 1.54) is 19.1 Å². The van der Waals surface area contributed by atoms with Crippen molar-refractivity contribution in [1.82, 2.24) is 9.78 Å². The Morgan fingerprint density at radius 3 is 2.24 bits per heavy atom. The number of hydrogen-bond donors (Lipinski definition) is 1. The van der Waals surface area contributed by atoms with Crippen LogP contribution in [0.5, 0.6) is 5.75 Å². The van der Waals surface area contributed by atoms with Crippen LogP contribution in [0.4, 0.5) is 26.3 Å². The zero-order valence-electron chi connectivity index (χ0n) is 17.1. The minimum absolute atomic E-state index is 0.280.